The SMILES string of the molecule is O=C(N/N=C\c1ccccc1OCc1ccccc1F)c1cc2cc(Br)cc(Br)c2o1. The Bertz CT molecular complexity index is 1290. The van der Waals surface area contributed by atoms with Gasteiger partial charge in [0.1, 0.15) is 23.8 Å². The summed E-state index contributed by atoms with van der Waals surface area (Å²) in [4.78, 5) is 12.4. The maximum absolute atomic E-state index is 13.8. The molecule has 5 nitrogen and oxygen atoms in total. The number of hydrogen-bond acceptors (Lipinski definition) is 4. The van der Waals surface area contributed by atoms with E-state index in [1.165, 1.54) is 12.3 Å². The Balaban J connectivity index is 1.45. The van der Waals surface area contributed by atoms with Crippen LogP contribution in [0.15, 0.2) is 85.2 Å². The summed E-state index contributed by atoms with van der Waals surface area (Å²) in [6, 6.07) is 18.9. The zero-order chi connectivity index (χ0) is 21.8. The number of hydrogen-bond donors (Lipinski definition) is 1. The number of amides is 1. The number of benzene rings is 3. The Kier molecular flexibility index (Phi) is 6.48. The molecule has 4 rings (SSSR count). The minimum Gasteiger partial charge on any atom is -0.488 e. The smallest absolute Gasteiger partial charge is 0.307 e. The quantitative estimate of drug-likeness (QED) is 0.224. The van der Waals surface area contributed by atoms with Crippen LogP contribution in [0.5, 0.6) is 5.75 Å². The molecule has 0 spiro atoms. The van der Waals surface area contributed by atoms with E-state index in [-0.39, 0.29) is 18.2 Å². The van der Waals surface area contributed by atoms with Crippen LogP contribution in [-0.4, -0.2) is 12.1 Å². The molecule has 1 amide bonds. The molecule has 1 aromatic heterocycles. The fourth-order valence-corrected chi connectivity index (χ4v) is 4.23. The second-order valence-corrected chi connectivity index (χ2v) is 8.30. The van der Waals surface area contributed by atoms with Crippen molar-refractivity contribution >= 4 is 55.0 Å². The van der Waals surface area contributed by atoms with Gasteiger partial charge in [-0.05, 0) is 52.3 Å². The van der Waals surface area contributed by atoms with Crippen LogP contribution in [0.25, 0.3) is 11.0 Å². The molecule has 0 saturated carbocycles. The van der Waals surface area contributed by atoms with Crippen molar-refractivity contribution < 1.29 is 18.3 Å². The number of carbonyl (C=O) groups is 1. The number of nitrogens with zero attached hydrogens (tertiary/aromatic N) is 1. The third-order valence-corrected chi connectivity index (χ3v) is 5.44. The van der Waals surface area contributed by atoms with Crippen molar-refractivity contribution in [2.45, 2.75) is 6.61 Å². The number of fused-ring (bicyclic) bond motifs is 1. The standard InChI is InChI=1S/C23H15Br2FN2O3/c24-17-9-16-10-21(31-22(16)18(25)11-17)23(29)28-27-12-14-5-2-4-8-20(14)30-13-15-6-1-3-7-19(15)26/h1-12H,13H2,(H,28,29)/b27-12-. The summed E-state index contributed by atoms with van der Waals surface area (Å²) < 4.78 is 26.8. The maximum Gasteiger partial charge on any atom is 0.307 e. The number of nitrogens with one attached hydrogen (secondary N) is 1. The minimum absolute atomic E-state index is 0.0767. The second kappa shape index (κ2) is 9.45. The molecule has 0 aliphatic heterocycles. The van der Waals surface area contributed by atoms with Crippen molar-refractivity contribution in [3.8, 4) is 5.75 Å². The number of para-hydroxylation sites is 1. The Morgan fingerprint density at radius 3 is 2.71 bits per heavy atom. The molecule has 0 fully saturated rings. The van der Waals surface area contributed by atoms with Gasteiger partial charge >= 0.3 is 5.91 Å². The zero-order valence-corrected chi connectivity index (χ0v) is 19.1. The Hall–Kier alpha value is -2.97. The number of carbonyl (C=O) groups excluding carboxylic acids is 1. The number of rotatable bonds is 6. The van der Waals surface area contributed by atoms with E-state index in [0.29, 0.717) is 22.5 Å². The lowest BCUT2D eigenvalue weighted by atomic mass is 10.2. The van der Waals surface area contributed by atoms with Gasteiger partial charge in [0.15, 0.2) is 5.76 Å². The van der Waals surface area contributed by atoms with Crippen molar-refractivity contribution in [3.63, 3.8) is 0 Å². The van der Waals surface area contributed by atoms with Gasteiger partial charge in [0.05, 0.1) is 10.7 Å². The van der Waals surface area contributed by atoms with Crippen LogP contribution in [0.1, 0.15) is 21.7 Å². The van der Waals surface area contributed by atoms with Crippen molar-refractivity contribution in [1.82, 2.24) is 5.43 Å². The molecule has 1 heterocycles. The monoisotopic (exact) mass is 544 g/mol. The Morgan fingerprint density at radius 1 is 1.10 bits per heavy atom. The van der Waals surface area contributed by atoms with Crippen LogP contribution in [-0.2, 0) is 6.61 Å². The average molecular weight is 546 g/mol. The van der Waals surface area contributed by atoms with E-state index in [1.807, 2.05) is 18.2 Å². The Morgan fingerprint density at radius 2 is 1.87 bits per heavy atom. The molecule has 0 saturated heterocycles. The Labute approximate surface area is 194 Å². The first-order chi connectivity index (χ1) is 15.0. The zero-order valence-electron chi connectivity index (χ0n) is 15.9. The average Bonchev–Trinajstić information content (AvgIpc) is 3.18. The number of hydrazone groups is 1. The van der Waals surface area contributed by atoms with E-state index in [4.69, 9.17) is 9.15 Å². The maximum atomic E-state index is 13.8. The van der Waals surface area contributed by atoms with Crippen LogP contribution in [0.3, 0.4) is 0 Å². The van der Waals surface area contributed by atoms with Gasteiger partial charge in [-0.3, -0.25) is 4.79 Å². The van der Waals surface area contributed by atoms with Crippen molar-refractivity contribution in [2.75, 3.05) is 0 Å². The largest absolute Gasteiger partial charge is 0.488 e. The lowest BCUT2D eigenvalue weighted by Gasteiger charge is -2.09. The lowest BCUT2D eigenvalue weighted by Crippen LogP contribution is -2.16. The van der Waals surface area contributed by atoms with E-state index in [2.05, 4.69) is 42.4 Å². The van der Waals surface area contributed by atoms with Crippen molar-refractivity contribution in [2.24, 2.45) is 5.10 Å². The van der Waals surface area contributed by atoms with Crippen LogP contribution in [0, 0.1) is 5.82 Å². The van der Waals surface area contributed by atoms with E-state index in [9.17, 15) is 9.18 Å². The highest BCUT2D eigenvalue weighted by molar-refractivity contribution is 9.11. The van der Waals surface area contributed by atoms with Gasteiger partial charge < -0.3 is 9.15 Å². The highest BCUT2D eigenvalue weighted by Gasteiger charge is 2.14. The van der Waals surface area contributed by atoms with Gasteiger partial charge in [0.25, 0.3) is 0 Å². The van der Waals surface area contributed by atoms with Crippen molar-refractivity contribution in [1.29, 1.82) is 0 Å². The molecule has 4 aromatic rings. The van der Waals surface area contributed by atoms with E-state index in [1.54, 1.807) is 42.5 Å². The molecule has 3 aromatic carbocycles. The summed E-state index contributed by atoms with van der Waals surface area (Å²) in [5.41, 5.74) is 4.10. The van der Waals surface area contributed by atoms with E-state index in [0.717, 1.165) is 14.3 Å². The van der Waals surface area contributed by atoms with Crippen molar-refractivity contribution in [3.05, 3.63) is 98.4 Å². The van der Waals surface area contributed by atoms with E-state index < -0.39 is 5.91 Å². The molecular weight excluding hydrogens is 531 g/mol. The summed E-state index contributed by atoms with van der Waals surface area (Å²) in [5.74, 6) is -0.165. The molecule has 0 unspecified atom stereocenters. The first kappa shape index (κ1) is 21.3. The fourth-order valence-electron chi connectivity index (χ4n) is 2.89. The third-order valence-electron chi connectivity index (χ3n) is 4.39. The number of halogens is 3. The molecular formula is C23H15Br2FN2O3. The lowest BCUT2D eigenvalue weighted by molar-refractivity contribution is 0.0929. The molecule has 0 bridgehead atoms. The van der Waals surface area contributed by atoms with Gasteiger partial charge in [-0.25, -0.2) is 9.82 Å². The predicted molar refractivity (Wildman–Crippen MR) is 124 cm³/mol. The summed E-state index contributed by atoms with van der Waals surface area (Å²) in [7, 11) is 0. The van der Waals surface area contributed by atoms with Gasteiger partial charge in [-0.15, -0.1) is 0 Å². The normalized spacial score (nSPS) is 11.2. The first-order valence-electron chi connectivity index (χ1n) is 9.18. The van der Waals surface area contributed by atoms with Crippen LogP contribution < -0.4 is 10.2 Å². The summed E-state index contributed by atoms with van der Waals surface area (Å²) in [5, 5.41) is 4.78. The number of furan rings is 1. The molecule has 156 valence electrons. The number of ether oxygens (including phenoxy) is 1. The van der Waals surface area contributed by atoms with Crippen LogP contribution in [0.2, 0.25) is 0 Å². The molecule has 31 heavy (non-hydrogen) atoms. The highest BCUT2D eigenvalue weighted by atomic mass is 79.9. The fraction of sp³-hybridized carbons (Fsp3) is 0.0435. The highest BCUT2D eigenvalue weighted by Crippen LogP contribution is 2.31. The molecule has 8 heteroatoms. The third kappa shape index (κ3) is 5.03. The van der Waals surface area contributed by atoms with E-state index >= 15 is 0 Å². The van der Waals surface area contributed by atoms with Gasteiger partial charge in [-0.1, -0.05) is 46.3 Å². The molecule has 0 aliphatic rings. The summed E-state index contributed by atoms with van der Waals surface area (Å²) in [6.07, 6.45) is 1.46. The first-order valence-corrected chi connectivity index (χ1v) is 10.8. The molecule has 0 radical (unpaired) electrons. The minimum atomic E-state index is -0.486. The molecule has 0 atom stereocenters. The molecule has 0 aliphatic carbocycles. The topological polar surface area (TPSA) is 63.8 Å². The van der Waals surface area contributed by atoms with Gasteiger partial charge in [-0.2, -0.15) is 5.10 Å². The van der Waals surface area contributed by atoms with Gasteiger partial charge in [0, 0.05) is 21.0 Å². The summed E-state index contributed by atoms with van der Waals surface area (Å²) >= 11 is 6.82. The molecule has 1 N–H and O–H groups in total. The predicted octanol–water partition coefficient (Wildman–Crippen LogP) is 6.44. The van der Waals surface area contributed by atoms with Gasteiger partial charge in [0.2, 0.25) is 0 Å². The van der Waals surface area contributed by atoms with Crippen LogP contribution in [0.4, 0.5) is 4.39 Å². The second-order valence-electron chi connectivity index (χ2n) is 6.53. The van der Waals surface area contributed by atoms with Crippen LogP contribution >= 0.6 is 31.9 Å². The summed E-state index contributed by atoms with van der Waals surface area (Å²) in [6.45, 7) is 0.0767.